The predicted molar refractivity (Wildman–Crippen MR) is 84.2 cm³/mol. The Hall–Kier alpha value is -1.66. The first-order valence-electron chi connectivity index (χ1n) is 7.01. The number of thiocarbonyl (C=S) groups is 1. The van der Waals surface area contributed by atoms with E-state index in [0.717, 1.165) is 24.9 Å². The van der Waals surface area contributed by atoms with Crippen molar-refractivity contribution in [3.8, 4) is 5.75 Å². The summed E-state index contributed by atoms with van der Waals surface area (Å²) >= 11 is 4.87. The first-order valence-corrected chi connectivity index (χ1v) is 7.42. The third kappa shape index (κ3) is 4.41. The Morgan fingerprint density at radius 3 is 2.76 bits per heavy atom. The molecule has 0 aromatic heterocycles. The van der Waals surface area contributed by atoms with Gasteiger partial charge in [0.15, 0.2) is 6.61 Å². The lowest BCUT2D eigenvalue weighted by molar-refractivity contribution is -0.132. The average molecular weight is 308 g/mol. The van der Waals surface area contributed by atoms with Crippen molar-refractivity contribution < 1.29 is 14.6 Å². The number of aliphatic hydroxyl groups excluding tert-OH is 1. The number of nitrogens with zero attached hydrogens (tertiary/aromatic N) is 1. The van der Waals surface area contributed by atoms with Gasteiger partial charge in [0, 0.05) is 25.3 Å². The first-order chi connectivity index (χ1) is 10.1. The SMILES string of the molecule is NC(=S)c1ccc(OCC(=O)N2CCC(CCO)C2)cc1. The molecule has 1 aromatic rings. The van der Waals surface area contributed by atoms with Crippen LogP contribution < -0.4 is 10.5 Å². The Morgan fingerprint density at radius 2 is 2.14 bits per heavy atom. The molecule has 0 bridgehead atoms. The maximum atomic E-state index is 12.0. The van der Waals surface area contributed by atoms with E-state index in [2.05, 4.69) is 0 Å². The molecule has 1 fully saturated rings. The van der Waals surface area contributed by atoms with E-state index in [4.69, 9.17) is 27.8 Å². The zero-order chi connectivity index (χ0) is 15.2. The van der Waals surface area contributed by atoms with Crippen LogP contribution in [0.5, 0.6) is 5.75 Å². The third-order valence-electron chi connectivity index (χ3n) is 3.68. The minimum absolute atomic E-state index is 0.0196. The maximum absolute atomic E-state index is 12.0. The van der Waals surface area contributed by atoms with Crippen molar-refractivity contribution in [1.29, 1.82) is 0 Å². The lowest BCUT2D eigenvalue weighted by atomic mass is 10.1. The van der Waals surface area contributed by atoms with Crippen LogP contribution in [0.1, 0.15) is 18.4 Å². The Labute approximate surface area is 129 Å². The number of nitrogens with two attached hydrogens (primary N) is 1. The molecule has 21 heavy (non-hydrogen) atoms. The number of aliphatic hydroxyl groups is 1. The fourth-order valence-corrected chi connectivity index (χ4v) is 2.57. The molecule has 1 amide bonds. The summed E-state index contributed by atoms with van der Waals surface area (Å²) < 4.78 is 5.49. The van der Waals surface area contributed by atoms with E-state index >= 15 is 0 Å². The van der Waals surface area contributed by atoms with Crippen LogP contribution in [0, 0.1) is 5.92 Å². The Kier molecular flexibility index (Phi) is 5.52. The van der Waals surface area contributed by atoms with Crippen LogP contribution in [-0.2, 0) is 4.79 Å². The highest BCUT2D eigenvalue weighted by molar-refractivity contribution is 7.80. The average Bonchev–Trinajstić information content (AvgIpc) is 2.94. The van der Waals surface area contributed by atoms with Crippen LogP contribution in [0.15, 0.2) is 24.3 Å². The van der Waals surface area contributed by atoms with Crippen molar-refractivity contribution >= 4 is 23.1 Å². The molecule has 3 N–H and O–H groups in total. The van der Waals surface area contributed by atoms with Gasteiger partial charge in [0.2, 0.25) is 0 Å². The lowest BCUT2D eigenvalue weighted by Crippen LogP contribution is -2.33. The number of likely N-dealkylation sites (tertiary alicyclic amines) is 1. The molecule has 0 saturated carbocycles. The minimum atomic E-state index is -0.0196. The van der Waals surface area contributed by atoms with Gasteiger partial charge in [0.1, 0.15) is 10.7 Å². The number of rotatable bonds is 6. The Balaban J connectivity index is 1.80. The second kappa shape index (κ2) is 7.38. The molecule has 1 aromatic carbocycles. The molecule has 1 aliphatic heterocycles. The summed E-state index contributed by atoms with van der Waals surface area (Å²) in [5.74, 6) is 1.01. The van der Waals surface area contributed by atoms with E-state index in [1.54, 1.807) is 29.2 Å². The summed E-state index contributed by atoms with van der Waals surface area (Å²) in [5.41, 5.74) is 6.29. The lowest BCUT2D eigenvalue weighted by Gasteiger charge is -2.16. The summed E-state index contributed by atoms with van der Waals surface area (Å²) in [5, 5.41) is 8.92. The maximum Gasteiger partial charge on any atom is 0.260 e. The summed E-state index contributed by atoms with van der Waals surface area (Å²) in [6.07, 6.45) is 1.71. The Bertz CT molecular complexity index is 504. The molecule has 5 nitrogen and oxygen atoms in total. The van der Waals surface area contributed by atoms with Crippen molar-refractivity contribution in [3.05, 3.63) is 29.8 Å². The van der Waals surface area contributed by atoms with E-state index in [1.807, 2.05) is 0 Å². The van der Waals surface area contributed by atoms with Crippen molar-refractivity contribution in [2.75, 3.05) is 26.3 Å². The van der Waals surface area contributed by atoms with Gasteiger partial charge in [-0.05, 0) is 43.0 Å². The normalized spacial score (nSPS) is 17.8. The molecule has 114 valence electrons. The highest BCUT2D eigenvalue weighted by Crippen LogP contribution is 2.19. The van der Waals surface area contributed by atoms with Crippen LogP contribution in [0.2, 0.25) is 0 Å². The highest BCUT2D eigenvalue weighted by Gasteiger charge is 2.25. The molecular formula is C15H20N2O3S. The van der Waals surface area contributed by atoms with Gasteiger partial charge >= 0.3 is 0 Å². The smallest absolute Gasteiger partial charge is 0.260 e. The second-order valence-corrected chi connectivity index (χ2v) is 5.62. The minimum Gasteiger partial charge on any atom is -0.484 e. The van der Waals surface area contributed by atoms with Gasteiger partial charge in [0.25, 0.3) is 5.91 Å². The van der Waals surface area contributed by atoms with Gasteiger partial charge in [-0.15, -0.1) is 0 Å². The fourth-order valence-electron chi connectivity index (χ4n) is 2.43. The molecule has 2 rings (SSSR count). The highest BCUT2D eigenvalue weighted by atomic mass is 32.1. The van der Waals surface area contributed by atoms with Crippen molar-refractivity contribution in [2.45, 2.75) is 12.8 Å². The van der Waals surface area contributed by atoms with Gasteiger partial charge in [-0.1, -0.05) is 12.2 Å². The predicted octanol–water partition coefficient (Wildman–Crippen LogP) is 0.930. The van der Waals surface area contributed by atoms with Crippen LogP contribution in [0.4, 0.5) is 0 Å². The number of carbonyl (C=O) groups is 1. The number of hydrogen-bond acceptors (Lipinski definition) is 4. The molecule has 1 unspecified atom stereocenters. The van der Waals surface area contributed by atoms with Gasteiger partial charge in [-0.2, -0.15) is 0 Å². The molecule has 1 atom stereocenters. The first kappa shape index (κ1) is 15.7. The monoisotopic (exact) mass is 308 g/mol. The number of ether oxygens (including phenoxy) is 1. The second-order valence-electron chi connectivity index (χ2n) is 5.18. The molecule has 1 aliphatic rings. The molecule has 0 aliphatic carbocycles. The Morgan fingerprint density at radius 1 is 1.43 bits per heavy atom. The third-order valence-corrected chi connectivity index (χ3v) is 3.91. The zero-order valence-corrected chi connectivity index (χ0v) is 12.6. The van der Waals surface area contributed by atoms with Gasteiger partial charge in [-0.25, -0.2) is 0 Å². The van der Waals surface area contributed by atoms with Crippen molar-refractivity contribution in [2.24, 2.45) is 11.7 Å². The largest absolute Gasteiger partial charge is 0.484 e. The van der Waals surface area contributed by atoms with E-state index in [-0.39, 0.29) is 19.1 Å². The molecule has 6 heteroatoms. The number of hydrogen-bond donors (Lipinski definition) is 2. The standard InChI is InChI=1S/C15H20N2O3S/c16-15(21)12-1-3-13(4-2-12)20-10-14(19)17-7-5-11(9-17)6-8-18/h1-4,11,18H,5-10H2,(H2,16,21). The summed E-state index contributed by atoms with van der Waals surface area (Å²) in [6.45, 7) is 1.66. The molecule has 1 heterocycles. The molecule has 1 saturated heterocycles. The van der Waals surface area contributed by atoms with Crippen LogP contribution >= 0.6 is 12.2 Å². The van der Waals surface area contributed by atoms with Gasteiger partial charge < -0.3 is 20.5 Å². The van der Waals surface area contributed by atoms with E-state index < -0.39 is 0 Å². The van der Waals surface area contributed by atoms with Crippen LogP contribution in [-0.4, -0.2) is 47.2 Å². The van der Waals surface area contributed by atoms with Gasteiger partial charge in [-0.3, -0.25) is 4.79 Å². The molecular weight excluding hydrogens is 288 g/mol. The van der Waals surface area contributed by atoms with Crippen LogP contribution in [0.3, 0.4) is 0 Å². The van der Waals surface area contributed by atoms with E-state index in [9.17, 15) is 4.79 Å². The summed E-state index contributed by atoms with van der Waals surface area (Å²) in [4.78, 5) is 14.2. The van der Waals surface area contributed by atoms with Gasteiger partial charge in [0.05, 0.1) is 0 Å². The van der Waals surface area contributed by atoms with Crippen molar-refractivity contribution in [3.63, 3.8) is 0 Å². The van der Waals surface area contributed by atoms with E-state index in [1.165, 1.54) is 0 Å². The topological polar surface area (TPSA) is 75.8 Å². The summed E-state index contributed by atoms with van der Waals surface area (Å²) in [7, 11) is 0. The van der Waals surface area contributed by atoms with E-state index in [0.29, 0.717) is 23.2 Å². The summed E-state index contributed by atoms with van der Waals surface area (Å²) in [6, 6.07) is 7.05. The zero-order valence-electron chi connectivity index (χ0n) is 11.8. The number of carbonyl (C=O) groups excluding carboxylic acids is 1. The van der Waals surface area contributed by atoms with Crippen molar-refractivity contribution in [1.82, 2.24) is 4.90 Å². The van der Waals surface area contributed by atoms with Crippen LogP contribution in [0.25, 0.3) is 0 Å². The number of amides is 1. The molecule has 0 radical (unpaired) electrons. The molecule has 0 spiro atoms. The number of benzene rings is 1. The fraction of sp³-hybridized carbons (Fsp3) is 0.467. The quantitative estimate of drug-likeness (QED) is 0.765.